The number of benzene rings is 4. The second kappa shape index (κ2) is 17.2. The maximum atomic E-state index is 13.1. The molecular weight excluding hydrogens is 622 g/mol. The number of aliphatic hydroxyl groups excluding tert-OH is 2. The summed E-state index contributed by atoms with van der Waals surface area (Å²) in [7, 11) is 3.26. The van der Waals surface area contributed by atoms with Crippen molar-refractivity contribution in [3.8, 4) is 0 Å². The summed E-state index contributed by atoms with van der Waals surface area (Å²) in [6.07, 6.45) is -1.14. The van der Waals surface area contributed by atoms with Crippen molar-refractivity contribution in [1.29, 1.82) is 0 Å². The Hall–Kier alpha value is -4.58. The number of rotatable bonds is 13. The molecule has 49 heavy (non-hydrogen) atoms. The minimum atomic E-state index is -0.876. The first-order valence-corrected chi connectivity index (χ1v) is 16.5. The Bertz CT molecular complexity index is 1640. The number of carbonyl (C=O) groups is 2. The average Bonchev–Trinajstić information content (AvgIpc) is 3.14. The van der Waals surface area contributed by atoms with Gasteiger partial charge in [0, 0.05) is 36.7 Å². The molecule has 0 saturated carbocycles. The Kier molecular flexibility index (Phi) is 12.5. The van der Waals surface area contributed by atoms with Crippen molar-refractivity contribution >= 4 is 17.7 Å². The minimum Gasteiger partial charge on any atom is -0.467 e. The van der Waals surface area contributed by atoms with Gasteiger partial charge >= 0.3 is 12.0 Å². The number of anilines is 1. The lowest BCUT2D eigenvalue weighted by atomic mass is 9.98. The van der Waals surface area contributed by atoms with E-state index in [1.807, 2.05) is 105 Å². The first kappa shape index (κ1) is 35.7. The zero-order valence-electron chi connectivity index (χ0n) is 28.1. The number of carbonyl (C=O) groups excluding carboxylic acids is 2. The van der Waals surface area contributed by atoms with E-state index >= 15 is 0 Å². The molecule has 10 nitrogen and oxygen atoms in total. The molecule has 0 radical (unpaired) electrons. The molecule has 4 aromatic rings. The maximum Gasteiger partial charge on any atom is 0.328 e. The summed E-state index contributed by atoms with van der Waals surface area (Å²) >= 11 is 0. The molecule has 6 unspecified atom stereocenters. The Balaban J connectivity index is 1.31. The van der Waals surface area contributed by atoms with Crippen molar-refractivity contribution in [1.82, 2.24) is 10.2 Å². The van der Waals surface area contributed by atoms with Gasteiger partial charge in [0.1, 0.15) is 6.04 Å². The van der Waals surface area contributed by atoms with Crippen molar-refractivity contribution in [2.45, 2.75) is 63.1 Å². The van der Waals surface area contributed by atoms with Gasteiger partial charge in [-0.05, 0) is 48.4 Å². The van der Waals surface area contributed by atoms with Crippen molar-refractivity contribution in [3.05, 3.63) is 137 Å². The zero-order valence-corrected chi connectivity index (χ0v) is 28.1. The molecule has 10 heteroatoms. The van der Waals surface area contributed by atoms with Crippen LogP contribution in [0.3, 0.4) is 0 Å². The van der Waals surface area contributed by atoms with Crippen LogP contribution in [0.1, 0.15) is 59.7 Å². The Labute approximate surface area is 287 Å². The standard InChI is InChI=1S/C39H45N3O7/c1-26(36(44)30-13-8-5-9-14-30)42(2)24-33-23-35(29-19-17-28(25-43)18-20-29)49-38(48-33)31-15-10-16-32(22-31)40-39(46)41-34(37(45)47-3)21-27-11-6-4-7-12-27/h4-20,22,26,33-36,38,43-44H,21,23-25H2,1-3H3,(H2,40,41,46). The summed E-state index contributed by atoms with van der Waals surface area (Å²) in [5.41, 5.74) is 4.69. The number of hydrogen-bond acceptors (Lipinski definition) is 8. The minimum absolute atomic E-state index is 0.0490. The Morgan fingerprint density at radius 3 is 2.27 bits per heavy atom. The zero-order chi connectivity index (χ0) is 34.8. The highest BCUT2D eigenvalue weighted by atomic mass is 16.7. The van der Waals surface area contributed by atoms with Crippen molar-refractivity contribution in [2.24, 2.45) is 0 Å². The molecule has 4 N–H and O–H groups in total. The molecule has 1 aliphatic rings. The number of nitrogens with zero attached hydrogens (tertiary/aromatic N) is 1. The van der Waals surface area contributed by atoms with Gasteiger partial charge < -0.3 is 35.1 Å². The van der Waals surface area contributed by atoms with E-state index in [-0.39, 0.29) is 31.3 Å². The third-order valence-electron chi connectivity index (χ3n) is 8.89. The number of nitrogens with one attached hydrogen (secondary N) is 2. The molecule has 0 bridgehead atoms. The van der Waals surface area contributed by atoms with Crippen LogP contribution in [0, 0.1) is 0 Å². The van der Waals surface area contributed by atoms with Gasteiger partial charge in [0.15, 0.2) is 6.29 Å². The number of amides is 2. The van der Waals surface area contributed by atoms with Crippen LogP contribution in [0.5, 0.6) is 0 Å². The summed E-state index contributed by atoms with van der Waals surface area (Å²) in [5, 5.41) is 26.2. The molecule has 0 spiro atoms. The van der Waals surface area contributed by atoms with Gasteiger partial charge in [-0.25, -0.2) is 9.59 Å². The second-order valence-corrected chi connectivity index (χ2v) is 12.4. The molecule has 1 heterocycles. The van der Waals surface area contributed by atoms with Crippen molar-refractivity contribution in [3.63, 3.8) is 0 Å². The average molecular weight is 668 g/mol. The SMILES string of the molecule is COC(=O)C(Cc1ccccc1)NC(=O)Nc1cccc(C2OC(CN(C)C(C)C(O)c3ccccc3)CC(c3ccc(CO)cc3)O2)c1. The van der Waals surface area contributed by atoms with Crippen LogP contribution in [0.25, 0.3) is 0 Å². The normalized spacial score (nSPS) is 19.4. The van der Waals surface area contributed by atoms with Crippen molar-refractivity contribution in [2.75, 3.05) is 26.0 Å². The molecule has 1 fully saturated rings. The molecule has 2 amide bonds. The fraction of sp³-hybridized carbons (Fsp3) is 0.333. The summed E-state index contributed by atoms with van der Waals surface area (Å²) in [6.45, 7) is 2.48. The topological polar surface area (TPSA) is 130 Å². The summed E-state index contributed by atoms with van der Waals surface area (Å²) in [4.78, 5) is 27.6. The molecular formula is C39H45N3O7. The largest absolute Gasteiger partial charge is 0.467 e. The van der Waals surface area contributed by atoms with E-state index in [1.54, 1.807) is 18.2 Å². The molecule has 1 saturated heterocycles. The van der Waals surface area contributed by atoms with E-state index in [0.717, 1.165) is 22.3 Å². The smallest absolute Gasteiger partial charge is 0.328 e. The van der Waals surface area contributed by atoms with Gasteiger partial charge in [-0.3, -0.25) is 4.90 Å². The number of esters is 1. The molecule has 6 atom stereocenters. The molecule has 1 aliphatic heterocycles. The predicted molar refractivity (Wildman–Crippen MR) is 186 cm³/mol. The number of hydrogen-bond donors (Lipinski definition) is 4. The molecule has 0 aromatic heterocycles. The summed E-state index contributed by atoms with van der Waals surface area (Å²) < 4.78 is 18.0. The fourth-order valence-corrected chi connectivity index (χ4v) is 5.96. The number of likely N-dealkylation sites (N-methyl/N-ethyl adjacent to an activating group) is 1. The molecule has 0 aliphatic carbocycles. The van der Waals surface area contributed by atoms with Gasteiger partial charge in [-0.15, -0.1) is 0 Å². The van der Waals surface area contributed by atoms with E-state index in [9.17, 15) is 19.8 Å². The second-order valence-electron chi connectivity index (χ2n) is 12.4. The number of methoxy groups -OCH3 is 1. The maximum absolute atomic E-state index is 13.1. The number of aliphatic hydroxyl groups is 2. The monoisotopic (exact) mass is 667 g/mol. The fourth-order valence-electron chi connectivity index (χ4n) is 5.96. The number of ether oxygens (including phenoxy) is 3. The van der Waals surface area contributed by atoms with Crippen molar-refractivity contribution < 1.29 is 34.0 Å². The third kappa shape index (κ3) is 9.75. The van der Waals surface area contributed by atoms with Crippen LogP contribution in [0.15, 0.2) is 109 Å². The van der Waals surface area contributed by atoms with Gasteiger partial charge in [0.25, 0.3) is 0 Å². The van der Waals surface area contributed by atoms with Crippen LogP contribution in [0.2, 0.25) is 0 Å². The van der Waals surface area contributed by atoms with Gasteiger partial charge in [-0.1, -0.05) is 97.1 Å². The highest BCUT2D eigenvalue weighted by Crippen LogP contribution is 2.39. The molecule has 4 aromatic carbocycles. The van der Waals surface area contributed by atoms with Crippen LogP contribution in [0.4, 0.5) is 10.5 Å². The molecule has 5 rings (SSSR count). The van der Waals surface area contributed by atoms with Gasteiger partial charge in [0.2, 0.25) is 0 Å². The quantitative estimate of drug-likeness (QED) is 0.134. The highest BCUT2D eigenvalue weighted by molar-refractivity contribution is 5.92. The Morgan fingerprint density at radius 1 is 0.898 bits per heavy atom. The van der Waals surface area contributed by atoms with E-state index in [1.165, 1.54) is 7.11 Å². The first-order valence-electron chi connectivity index (χ1n) is 16.5. The summed E-state index contributed by atoms with van der Waals surface area (Å²) in [6, 6.07) is 32.3. The van der Waals surface area contributed by atoms with E-state index in [2.05, 4.69) is 15.5 Å². The van der Waals surface area contributed by atoms with Crippen LogP contribution in [-0.4, -0.2) is 66.0 Å². The number of urea groups is 1. The Morgan fingerprint density at radius 2 is 1.59 bits per heavy atom. The lowest BCUT2D eigenvalue weighted by Gasteiger charge is -2.39. The molecule has 258 valence electrons. The third-order valence-corrected chi connectivity index (χ3v) is 8.89. The summed E-state index contributed by atoms with van der Waals surface area (Å²) in [5.74, 6) is -0.545. The van der Waals surface area contributed by atoms with E-state index in [4.69, 9.17) is 14.2 Å². The van der Waals surface area contributed by atoms with Gasteiger partial charge in [-0.2, -0.15) is 0 Å². The van der Waals surface area contributed by atoms with E-state index in [0.29, 0.717) is 24.2 Å². The van der Waals surface area contributed by atoms with Crippen LogP contribution >= 0.6 is 0 Å². The van der Waals surface area contributed by atoms with Gasteiger partial charge in [0.05, 0.1) is 32.0 Å². The lowest BCUT2D eigenvalue weighted by Crippen LogP contribution is -2.45. The van der Waals surface area contributed by atoms with Crippen LogP contribution < -0.4 is 10.6 Å². The van der Waals surface area contributed by atoms with E-state index < -0.39 is 30.4 Å². The predicted octanol–water partition coefficient (Wildman–Crippen LogP) is 5.68. The van der Waals surface area contributed by atoms with Crippen LogP contribution in [-0.2, 0) is 32.0 Å². The highest BCUT2D eigenvalue weighted by Gasteiger charge is 2.34. The first-order chi connectivity index (χ1) is 23.7. The lowest BCUT2D eigenvalue weighted by molar-refractivity contribution is -0.253.